The Hall–Kier alpha value is -3.22. The second kappa shape index (κ2) is 5.65. The minimum absolute atomic E-state index is 0.0306. The van der Waals surface area contributed by atoms with E-state index in [2.05, 4.69) is 36.2 Å². The molecule has 3 rings (SSSR count). The molecule has 0 radical (unpaired) electrons. The molecule has 0 aliphatic rings. The number of aromatic nitrogens is 6. The van der Waals surface area contributed by atoms with E-state index in [0.29, 0.717) is 22.0 Å². The molecular weight excluding hydrogens is 306 g/mol. The summed E-state index contributed by atoms with van der Waals surface area (Å²) in [5.41, 5.74) is 9.24. The summed E-state index contributed by atoms with van der Waals surface area (Å²) < 4.78 is 2.32. The fraction of sp³-hybridized carbons (Fsp3) is 0.182. The zero-order chi connectivity index (χ0) is 15.5. The molecule has 0 N–H and O–H groups in total. The first-order chi connectivity index (χ1) is 10.7. The minimum Gasteiger partial charge on any atom is -0.245 e. The van der Waals surface area contributed by atoms with Gasteiger partial charge in [-0.1, -0.05) is 16.2 Å². The largest absolute Gasteiger partial charge is 0.353 e. The van der Waals surface area contributed by atoms with Crippen molar-refractivity contribution in [2.45, 2.75) is 13.1 Å². The zero-order valence-corrected chi connectivity index (χ0v) is 11.8. The number of hydrogen-bond acceptors (Lipinski definition) is 7. The Morgan fingerprint density at radius 2 is 2.41 bits per heavy atom. The molecule has 10 nitrogen and oxygen atoms in total. The van der Waals surface area contributed by atoms with E-state index in [1.54, 1.807) is 5.38 Å². The lowest BCUT2D eigenvalue weighted by atomic mass is 10.4. The summed E-state index contributed by atoms with van der Waals surface area (Å²) in [6.07, 6.45) is 6.52. The molecule has 0 amide bonds. The van der Waals surface area contributed by atoms with E-state index in [0.717, 1.165) is 4.68 Å². The van der Waals surface area contributed by atoms with Gasteiger partial charge in [0.2, 0.25) is 0 Å². The third-order valence-corrected chi connectivity index (χ3v) is 3.61. The molecule has 3 aromatic rings. The average molecular weight is 313 g/mol. The summed E-state index contributed by atoms with van der Waals surface area (Å²) in [7, 11) is 0. The topological polar surface area (TPSA) is 127 Å². The fourth-order valence-corrected chi connectivity index (χ4v) is 2.57. The Bertz CT molecular complexity index is 985. The quantitative estimate of drug-likeness (QED) is 0.305. The Labute approximate surface area is 126 Å². The minimum atomic E-state index is -0.424. The average Bonchev–Trinajstić information content (AvgIpc) is 3.14. The molecule has 0 aliphatic carbocycles. The van der Waals surface area contributed by atoms with Gasteiger partial charge in [-0.3, -0.25) is 0 Å². The highest BCUT2D eigenvalue weighted by Crippen LogP contribution is 2.24. The van der Waals surface area contributed by atoms with Gasteiger partial charge in [0.1, 0.15) is 23.6 Å². The monoisotopic (exact) mass is 313 g/mol. The SMILES string of the molecule is C#CCn1nnc2c(-c3nc(CN=[N+]=[N-])cs3)ncn2c1=O. The van der Waals surface area contributed by atoms with Gasteiger partial charge in [-0.15, -0.1) is 22.9 Å². The van der Waals surface area contributed by atoms with Crippen molar-refractivity contribution in [2.75, 3.05) is 0 Å². The van der Waals surface area contributed by atoms with E-state index in [1.165, 1.54) is 22.1 Å². The van der Waals surface area contributed by atoms with Crippen LogP contribution >= 0.6 is 11.3 Å². The van der Waals surface area contributed by atoms with Crippen LogP contribution in [0.4, 0.5) is 0 Å². The Balaban J connectivity index is 2.07. The number of azide groups is 1. The molecule has 0 unspecified atom stereocenters. The molecular formula is C11H7N9OS. The van der Waals surface area contributed by atoms with Crippen molar-refractivity contribution in [3.8, 4) is 23.0 Å². The predicted molar refractivity (Wildman–Crippen MR) is 77.8 cm³/mol. The maximum atomic E-state index is 12.1. The van der Waals surface area contributed by atoms with E-state index in [9.17, 15) is 4.79 Å². The van der Waals surface area contributed by atoms with Crippen LogP contribution < -0.4 is 5.69 Å². The first kappa shape index (κ1) is 13.7. The molecule has 0 aromatic carbocycles. The smallest absolute Gasteiger partial charge is 0.245 e. The van der Waals surface area contributed by atoms with E-state index in [4.69, 9.17) is 12.0 Å². The third-order valence-electron chi connectivity index (χ3n) is 2.71. The lowest BCUT2D eigenvalue weighted by Gasteiger charge is -1.98. The van der Waals surface area contributed by atoms with Crippen molar-refractivity contribution in [2.24, 2.45) is 5.11 Å². The maximum Gasteiger partial charge on any atom is 0.353 e. The highest BCUT2D eigenvalue weighted by Gasteiger charge is 2.15. The van der Waals surface area contributed by atoms with E-state index >= 15 is 0 Å². The standard InChI is InChI=1S/C11H7N9OS/c1-2-3-20-11(21)19-6-13-8(9(19)16-18-20)10-15-7(5-22-10)4-14-17-12/h1,5-6H,3-4H2. The van der Waals surface area contributed by atoms with Crippen LogP contribution in [0.2, 0.25) is 0 Å². The number of imidazole rings is 1. The van der Waals surface area contributed by atoms with Crippen LogP contribution in [-0.2, 0) is 13.1 Å². The molecule has 11 heteroatoms. The molecule has 0 atom stereocenters. The van der Waals surface area contributed by atoms with Gasteiger partial charge in [-0.05, 0) is 5.53 Å². The van der Waals surface area contributed by atoms with E-state index in [1.807, 2.05) is 0 Å². The first-order valence-corrected chi connectivity index (χ1v) is 6.82. The van der Waals surface area contributed by atoms with Gasteiger partial charge in [0.25, 0.3) is 0 Å². The van der Waals surface area contributed by atoms with Crippen LogP contribution in [0.25, 0.3) is 26.8 Å². The van der Waals surface area contributed by atoms with Crippen LogP contribution in [0.15, 0.2) is 21.6 Å². The predicted octanol–water partition coefficient (Wildman–Crippen LogP) is 0.853. The van der Waals surface area contributed by atoms with Gasteiger partial charge >= 0.3 is 5.69 Å². The van der Waals surface area contributed by atoms with Gasteiger partial charge in [-0.2, -0.15) is 4.68 Å². The molecule has 0 bridgehead atoms. The number of fused-ring (bicyclic) bond motifs is 1. The summed E-state index contributed by atoms with van der Waals surface area (Å²) in [6, 6.07) is 0. The van der Waals surface area contributed by atoms with Crippen molar-refractivity contribution in [1.82, 2.24) is 29.4 Å². The van der Waals surface area contributed by atoms with Crippen molar-refractivity contribution in [3.05, 3.63) is 38.3 Å². The van der Waals surface area contributed by atoms with Gasteiger partial charge < -0.3 is 0 Å². The molecule has 3 heterocycles. The van der Waals surface area contributed by atoms with Gasteiger partial charge in [0, 0.05) is 10.3 Å². The summed E-state index contributed by atoms with van der Waals surface area (Å²) in [6.45, 7) is 0.183. The number of terminal acetylenes is 1. The Morgan fingerprint density at radius 3 is 3.18 bits per heavy atom. The van der Waals surface area contributed by atoms with Gasteiger partial charge in [-0.25, -0.2) is 19.2 Å². The van der Waals surface area contributed by atoms with Gasteiger partial charge in [0.05, 0.1) is 12.2 Å². The number of hydrogen-bond donors (Lipinski definition) is 0. The maximum absolute atomic E-state index is 12.1. The summed E-state index contributed by atoms with van der Waals surface area (Å²) in [5, 5.41) is 13.5. The summed E-state index contributed by atoms with van der Waals surface area (Å²) >= 11 is 1.31. The van der Waals surface area contributed by atoms with Crippen molar-refractivity contribution in [1.29, 1.82) is 0 Å². The second-order valence-corrected chi connectivity index (χ2v) is 4.91. The summed E-state index contributed by atoms with van der Waals surface area (Å²) in [5.74, 6) is 2.33. The van der Waals surface area contributed by atoms with Crippen molar-refractivity contribution in [3.63, 3.8) is 0 Å². The van der Waals surface area contributed by atoms with Crippen molar-refractivity contribution >= 4 is 17.0 Å². The molecule has 0 aliphatic heterocycles. The molecule has 0 saturated heterocycles. The first-order valence-electron chi connectivity index (χ1n) is 5.94. The van der Waals surface area contributed by atoms with E-state index in [-0.39, 0.29) is 13.1 Å². The van der Waals surface area contributed by atoms with Gasteiger partial charge in [0.15, 0.2) is 5.65 Å². The number of nitrogens with zero attached hydrogens (tertiary/aromatic N) is 9. The lowest BCUT2D eigenvalue weighted by Crippen LogP contribution is -2.29. The number of rotatable bonds is 4. The fourth-order valence-electron chi connectivity index (χ4n) is 1.77. The van der Waals surface area contributed by atoms with Crippen LogP contribution in [0.3, 0.4) is 0 Å². The van der Waals surface area contributed by atoms with Crippen LogP contribution in [-0.4, -0.2) is 29.4 Å². The molecule has 22 heavy (non-hydrogen) atoms. The summed E-state index contributed by atoms with van der Waals surface area (Å²) in [4.78, 5) is 23.3. The third kappa shape index (κ3) is 2.28. The number of thiazole rings is 1. The highest BCUT2D eigenvalue weighted by atomic mass is 32.1. The Kier molecular flexibility index (Phi) is 3.53. The van der Waals surface area contributed by atoms with Crippen LogP contribution in [0.5, 0.6) is 0 Å². The zero-order valence-electron chi connectivity index (χ0n) is 11.0. The van der Waals surface area contributed by atoms with Crippen molar-refractivity contribution < 1.29 is 0 Å². The molecule has 0 saturated carbocycles. The normalized spacial score (nSPS) is 10.3. The molecule has 0 fully saturated rings. The lowest BCUT2D eigenvalue weighted by molar-refractivity contribution is 0.577. The van der Waals surface area contributed by atoms with E-state index < -0.39 is 5.69 Å². The molecule has 3 aromatic heterocycles. The van der Waals surface area contributed by atoms with Crippen LogP contribution in [0.1, 0.15) is 5.69 Å². The second-order valence-electron chi connectivity index (χ2n) is 4.05. The molecule has 0 spiro atoms. The molecule has 108 valence electrons. The van der Waals surface area contributed by atoms with Crippen LogP contribution in [0, 0.1) is 12.3 Å². The highest BCUT2D eigenvalue weighted by molar-refractivity contribution is 7.13. The Morgan fingerprint density at radius 1 is 1.55 bits per heavy atom.